The van der Waals surface area contributed by atoms with Crippen molar-refractivity contribution in [2.45, 2.75) is 36.1 Å². The Morgan fingerprint density at radius 1 is 1.14 bits per heavy atom. The molecular weight excluding hydrogens is 348 g/mol. The minimum absolute atomic E-state index is 0.00270. The molecule has 0 unspecified atom stereocenters. The molecule has 0 radical (unpaired) electrons. The number of alkyl halides is 3. The molecule has 1 aromatic rings. The first kappa shape index (κ1) is 18.8. The third-order valence-electron chi connectivity index (χ3n) is 2.56. The molecule has 120 valence electrons. The molecule has 0 heterocycles. The standard InChI is InChI=1S/C13H15ClF4OS2/c14-9-7-10(15)11(8-12(9)20)19-5-3-1-2-4-6-21-13(16,17)18/h7-8,20H,1-6H2. The van der Waals surface area contributed by atoms with Gasteiger partial charge < -0.3 is 4.74 Å². The van der Waals surface area contributed by atoms with Gasteiger partial charge in [-0.25, -0.2) is 4.39 Å². The van der Waals surface area contributed by atoms with Gasteiger partial charge in [-0.2, -0.15) is 13.2 Å². The number of unbranched alkanes of at least 4 members (excludes halogenated alkanes) is 3. The Bertz CT molecular complexity index is 455. The summed E-state index contributed by atoms with van der Waals surface area (Å²) in [5.41, 5.74) is -4.15. The Labute approximate surface area is 135 Å². The Hall–Kier alpha value is -0.270. The van der Waals surface area contributed by atoms with Crippen molar-refractivity contribution in [3.63, 3.8) is 0 Å². The lowest BCUT2D eigenvalue weighted by Crippen LogP contribution is -2.02. The second-order valence-electron chi connectivity index (χ2n) is 4.29. The largest absolute Gasteiger partial charge is 0.490 e. The molecule has 0 saturated heterocycles. The molecule has 8 heteroatoms. The smallest absolute Gasteiger partial charge is 0.441 e. The summed E-state index contributed by atoms with van der Waals surface area (Å²) in [4.78, 5) is 0.428. The van der Waals surface area contributed by atoms with Gasteiger partial charge in [-0.1, -0.05) is 36.2 Å². The second kappa shape index (κ2) is 9.00. The van der Waals surface area contributed by atoms with E-state index in [1.54, 1.807) is 0 Å². The van der Waals surface area contributed by atoms with Gasteiger partial charge in [-0.05, 0) is 25.0 Å². The van der Waals surface area contributed by atoms with Gasteiger partial charge in [0.05, 0.1) is 11.6 Å². The molecule has 21 heavy (non-hydrogen) atoms. The summed E-state index contributed by atoms with van der Waals surface area (Å²) in [6.45, 7) is 0.304. The average Bonchev–Trinajstić information content (AvgIpc) is 2.37. The van der Waals surface area contributed by atoms with Gasteiger partial charge >= 0.3 is 5.51 Å². The lowest BCUT2D eigenvalue weighted by atomic mass is 10.2. The van der Waals surface area contributed by atoms with E-state index in [1.807, 2.05) is 0 Å². The maximum atomic E-state index is 13.5. The second-order valence-corrected chi connectivity index (χ2v) is 6.34. The summed E-state index contributed by atoms with van der Waals surface area (Å²) in [6, 6.07) is 2.54. The fourth-order valence-electron chi connectivity index (χ4n) is 1.56. The number of halogens is 5. The Kier molecular flexibility index (Phi) is 8.05. The van der Waals surface area contributed by atoms with E-state index < -0.39 is 11.3 Å². The van der Waals surface area contributed by atoms with Gasteiger partial charge in [0.25, 0.3) is 0 Å². The van der Waals surface area contributed by atoms with Crippen LogP contribution in [0.4, 0.5) is 17.6 Å². The normalized spacial score (nSPS) is 11.7. The number of hydrogen-bond acceptors (Lipinski definition) is 3. The highest BCUT2D eigenvalue weighted by Crippen LogP contribution is 2.31. The molecule has 1 nitrogen and oxygen atoms in total. The van der Waals surface area contributed by atoms with Crippen LogP contribution in [0.1, 0.15) is 25.7 Å². The van der Waals surface area contributed by atoms with Crippen LogP contribution < -0.4 is 4.74 Å². The summed E-state index contributed by atoms with van der Waals surface area (Å²) >= 11 is 9.76. The molecule has 0 fully saturated rings. The maximum absolute atomic E-state index is 13.5. The number of ether oxygens (including phenoxy) is 1. The highest BCUT2D eigenvalue weighted by molar-refractivity contribution is 8.00. The van der Waals surface area contributed by atoms with Crippen molar-refractivity contribution in [1.82, 2.24) is 0 Å². The molecule has 0 N–H and O–H groups in total. The zero-order valence-electron chi connectivity index (χ0n) is 11.1. The highest BCUT2D eigenvalue weighted by Gasteiger charge is 2.27. The zero-order chi connectivity index (χ0) is 15.9. The van der Waals surface area contributed by atoms with E-state index in [0.717, 1.165) is 12.5 Å². The lowest BCUT2D eigenvalue weighted by molar-refractivity contribution is -0.0328. The van der Waals surface area contributed by atoms with Crippen LogP contribution in [0.15, 0.2) is 17.0 Å². The van der Waals surface area contributed by atoms with Crippen LogP contribution in [0.5, 0.6) is 5.75 Å². The van der Waals surface area contributed by atoms with Crippen LogP contribution >= 0.6 is 36.0 Å². The van der Waals surface area contributed by atoms with Crippen LogP contribution in [0, 0.1) is 5.82 Å². The molecule has 0 aliphatic carbocycles. The molecule has 0 saturated carbocycles. The van der Waals surface area contributed by atoms with Crippen molar-refractivity contribution in [2.75, 3.05) is 12.4 Å². The van der Waals surface area contributed by atoms with Crippen LogP contribution in [-0.2, 0) is 0 Å². The van der Waals surface area contributed by atoms with E-state index >= 15 is 0 Å². The fourth-order valence-corrected chi connectivity index (χ4v) is 2.47. The SMILES string of the molecule is Fc1cc(Cl)c(S)cc1OCCCCCCSC(F)(F)F. The molecule has 1 aromatic carbocycles. The predicted octanol–water partition coefficient (Wildman–Crippen LogP) is 5.96. The summed E-state index contributed by atoms with van der Waals surface area (Å²) in [7, 11) is 0. The first-order valence-electron chi connectivity index (χ1n) is 6.31. The molecule has 0 amide bonds. The van der Waals surface area contributed by atoms with Crippen LogP contribution in [0.3, 0.4) is 0 Å². The van der Waals surface area contributed by atoms with E-state index in [-0.39, 0.29) is 28.3 Å². The van der Waals surface area contributed by atoms with Crippen LogP contribution in [0.25, 0.3) is 0 Å². The van der Waals surface area contributed by atoms with E-state index in [2.05, 4.69) is 12.6 Å². The molecule has 0 aromatic heterocycles. The third kappa shape index (κ3) is 8.07. The number of thioether (sulfide) groups is 1. The Balaban J connectivity index is 2.14. The third-order valence-corrected chi connectivity index (χ3v) is 4.20. The predicted molar refractivity (Wildman–Crippen MR) is 81.1 cm³/mol. The summed E-state index contributed by atoms with van der Waals surface area (Å²) < 4.78 is 54.3. The summed E-state index contributed by atoms with van der Waals surface area (Å²) in [5, 5.41) is 0.213. The molecule has 0 aliphatic rings. The van der Waals surface area contributed by atoms with Crippen molar-refractivity contribution in [3.05, 3.63) is 23.0 Å². The molecule has 0 aliphatic heterocycles. The molecule has 1 rings (SSSR count). The van der Waals surface area contributed by atoms with Crippen molar-refractivity contribution < 1.29 is 22.3 Å². The molecule has 0 spiro atoms. The van der Waals surface area contributed by atoms with Crippen LogP contribution in [0.2, 0.25) is 5.02 Å². The first-order valence-corrected chi connectivity index (χ1v) is 8.12. The van der Waals surface area contributed by atoms with Crippen molar-refractivity contribution in [3.8, 4) is 5.75 Å². The Morgan fingerprint density at radius 2 is 1.81 bits per heavy atom. The summed E-state index contributed by atoms with van der Waals surface area (Å²) in [6.07, 6.45) is 2.58. The lowest BCUT2D eigenvalue weighted by Gasteiger charge is -2.09. The quantitative estimate of drug-likeness (QED) is 0.347. The van der Waals surface area contributed by atoms with E-state index in [4.69, 9.17) is 16.3 Å². The number of rotatable bonds is 8. The summed E-state index contributed by atoms with van der Waals surface area (Å²) in [5.74, 6) is -0.407. The average molecular weight is 363 g/mol. The van der Waals surface area contributed by atoms with Gasteiger partial charge in [0.2, 0.25) is 0 Å². The van der Waals surface area contributed by atoms with Crippen molar-refractivity contribution in [1.29, 1.82) is 0 Å². The van der Waals surface area contributed by atoms with E-state index in [1.165, 1.54) is 6.07 Å². The van der Waals surface area contributed by atoms with Gasteiger partial charge in [-0.3, -0.25) is 0 Å². The highest BCUT2D eigenvalue weighted by atomic mass is 35.5. The van der Waals surface area contributed by atoms with Gasteiger partial charge in [-0.15, -0.1) is 12.6 Å². The minimum atomic E-state index is -4.15. The minimum Gasteiger partial charge on any atom is -0.490 e. The topological polar surface area (TPSA) is 9.23 Å². The number of thiol groups is 1. The van der Waals surface area contributed by atoms with Gasteiger partial charge in [0.1, 0.15) is 0 Å². The van der Waals surface area contributed by atoms with Crippen molar-refractivity contribution in [2.24, 2.45) is 0 Å². The van der Waals surface area contributed by atoms with Gasteiger partial charge in [0, 0.05) is 10.6 Å². The van der Waals surface area contributed by atoms with E-state index in [9.17, 15) is 17.6 Å². The zero-order valence-corrected chi connectivity index (χ0v) is 13.5. The molecular formula is C13H15ClF4OS2. The number of hydrogen-bond donors (Lipinski definition) is 1. The van der Waals surface area contributed by atoms with Gasteiger partial charge in [0.15, 0.2) is 11.6 Å². The van der Waals surface area contributed by atoms with E-state index in [0.29, 0.717) is 30.8 Å². The molecule has 0 atom stereocenters. The Morgan fingerprint density at radius 3 is 2.48 bits per heavy atom. The molecule has 0 bridgehead atoms. The maximum Gasteiger partial charge on any atom is 0.441 e. The number of benzene rings is 1. The first-order chi connectivity index (χ1) is 9.79. The monoisotopic (exact) mass is 362 g/mol. The van der Waals surface area contributed by atoms with Crippen LogP contribution in [-0.4, -0.2) is 17.9 Å². The fraction of sp³-hybridized carbons (Fsp3) is 0.538. The van der Waals surface area contributed by atoms with Crippen molar-refractivity contribution >= 4 is 36.0 Å².